The van der Waals surface area contributed by atoms with Crippen molar-refractivity contribution in [3.63, 3.8) is 0 Å². The van der Waals surface area contributed by atoms with Crippen LogP contribution < -0.4 is 10.2 Å². The maximum Gasteiger partial charge on any atom is 0.229 e. The SMILES string of the molecule is CCN(Cc1ccccc1)c1cc(C)nc(Nc2ccccc2C#N)n1. The van der Waals surface area contributed by atoms with Crippen LogP contribution in [0, 0.1) is 18.3 Å². The number of rotatable bonds is 6. The number of hydrogen-bond acceptors (Lipinski definition) is 5. The Hall–Kier alpha value is -3.39. The van der Waals surface area contributed by atoms with Crippen LogP contribution in [-0.4, -0.2) is 16.5 Å². The molecule has 5 nitrogen and oxygen atoms in total. The Bertz CT molecular complexity index is 915. The second kappa shape index (κ2) is 8.13. The fourth-order valence-corrected chi connectivity index (χ4v) is 2.74. The average Bonchev–Trinajstić information content (AvgIpc) is 2.67. The Morgan fingerprint density at radius 1 is 1.04 bits per heavy atom. The van der Waals surface area contributed by atoms with Crippen LogP contribution in [0.2, 0.25) is 0 Å². The highest BCUT2D eigenvalue weighted by Crippen LogP contribution is 2.22. The van der Waals surface area contributed by atoms with Crippen molar-refractivity contribution >= 4 is 17.5 Å². The van der Waals surface area contributed by atoms with E-state index in [0.29, 0.717) is 17.2 Å². The minimum atomic E-state index is 0.495. The number of nitriles is 1. The van der Waals surface area contributed by atoms with Crippen LogP contribution in [-0.2, 0) is 6.54 Å². The van der Waals surface area contributed by atoms with Gasteiger partial charge in [0, 0.05) is 24.8 Å². The maximum atomic E-state index is 9.26. The van der Waals surface area contributed by atoms with E-state index in [9.17, 15) is 5.26 Å². The first kappa shape index (κ1) is 17.4. The van der Waals surface area contributed by atoms with Gasteiger partial charge in [0.1, 0.15) is 11.9 Å². The molecule has 0 unspecified atom stereocenters. The van der Waals surface area contributed by atoms with Gasteiger partial charge in [-0.2, -0.15) is 10.2 Å². The number of nitrogens with zero attached hydrogens (tertiary/aromatic N) is 4. The van der Waals surface area contributed by atoms with Gasteiger partial charge in [0.15, 0.2) is 0 Å². The summed E-state index contributed by atoms with van der Waals surface area (Å²) in [4.78, 5) is 11.3. The van der Waals surface area contributed by atoms with E-state index in [1.165, 1.54) is 5.56 Å². The highest BCUT2D eigenvalue weighted by atomic mass is 15.2. The summed E-state index contributed by atoms with van der Waals surface area (Å²) in [6.07, 6.45) is 0. The smallest absolute Gasteiger partial charge is 0.229 e. The van der Waals surface area contributed by atoms with Gasteiger partial charge in [0.2, 0.25) is 5.95 Å². The second-order valence-corrected chi connectivity index (χ2v) is 5.97. The van der Waals surface area contributed by atoms with Crippen LogP contribution in [0.25, 0.3) is 0 Å². The van der Waals surface area contributed by atoms with Crippen molar-refractivity contribution in [2.24, 2.45) is 0 Å². The fraction of sp³-hybridized carbons (Fsp3) is 0.190. The van der Waals surface area contributed by atoms with E-state index in [2.05, 4.69) is 45.3 Å². The zero-order valence-electron chi connectivity index (χ0n) is 15.0. The number of aryl methyl sites for hydroxylation is 1. The summed E-state index contributed by atoms with van der Waals surface area (Å²) < 4.78 is 0. The van der Waals surface area contributed by atoms with E-state index in [0.717, 1.165) is 24.6 Å². The molecule has 3 rings (SSSR count). The average molecular weight is 343 g/mol. The molecule has 0 aliphatic rings. The van der Waals surface area contributed by atoms with Gasteiger partial charge in [-0.25, -0.2) is 4.98 Å². The largest absolute Gasteiger partial charge is 0.352 e. The van der Waals surface area contributed by atoms with Gasteiger partial charge < -0.3 is 10.2 Å². The Morgan fingerprint density at radius 3 is 2.50 bits per heavy atom. The molecule has 0 saturated heterocycles. The quantitative estimate of drug-likeness (QED) is 0.717. The van der Waals surface area contributed by atoms with Gasteiger partial charge in [-0.1, -0.05) is 42.5 Å². The van der Waals surface area contributed by atoms with E-state index < -0.39 is 0 Å². The van der Waals surface area contributed by atoms with Crippen molar-refractivity contribution in [3.8, 4) is 6.07 Å². The fourth-order valence-electron chi connectivity index (χ4n) is 2.74. The molecule has 26 heavy (non-hydrogen) atoms. The summed E-state index contributed by atoms with van der Waals surface area (Å²) in [5.74, 6) is 1.36. The lowest BCUT2D eigenvalue weighted by Gasteiger charge is -2.23. The van der Waals surface area contributed by atoms with Crippen LogP contribution in [0.1, 0.15) is 23.7 Å². The van der Waals surface area contributed by atoms with Crippen LogP contribution >= 0.6 is 0 Å². The van der Waals surface area contributed by atoms with E-state index >= 15 is 0 Å². The van der Waals surface area contributed by atoms with E-state index in [1.807, 2.05) is 49.4 Å². The van der Waals surface area contributed by atoms with Crippen LogP contribution in [0.5, 0.6) is 0 Å². The summed E-state index contributed by atoms with van der Waals surface area (Å²) in [5, 5.41) is 12.4. The summed E-state index contributed by atoms with van der Waals surface area (Å²) in [6.45, 7) is 5.67. The van der Waals surface area contributed by atoms with Gasteiger partial charge in [0.05, 0.1) is 11.3 Å². The number of benzene rings is 2. The van der Waals surface area contributed by atoms with Crippen molar-refractivity contribution in [3.05, 3.63) is 77.5 Å². The lowest BCUT2D eigenvalue weighted by molar-refractivity contribution is 0.809. The van der Waals surface area contributed by atoms with Crippen molar-refractivity contribution < 1.29 is 0 Å². The van der Waals surface area contributed by atoms with E-state index in [-0.39, 0.29) is 0 Å². The van der Waals surface area contributed by atoms with Crippen LogP contribution in [0.4, 0.5) is 17.5 Å². The zero-order valence-corrected chi connectivity index (χ0v) is 15.0. The predicted molar refractivity (Wildman–Crippen MR) is 104 cm³/mol. The molecule has 0 saturated carbocycles. The summed E-state index contributed by atoms with van der Waals surface area (Å²) in [6, 6.07) is 21.8. The van der Waals surface area contributed by atoms with Gasteiger partial charge in [-0.15, -0.1) is 0 Å². The Morgan fingerprint density at radius 2 is 1.77 bits per heavy atom. The minimum Gasteiger partial charge on any atom is -0.352 e. The third kappa shape index (κ3) is 4.17. The van der Waals surface area contributed by atoms with Crippen molar-refractivity contribution in [2.75, 3.05) is 16.8 Å². The molecular weight excluding hydrogens is 322 g/mol. The Kier molecular flexibility index (Phi) is 5.45. The molecule has 0 aliphatic carbocycles. The number of para-hydroxylation sites is 1. The van der Waals surface area contributed by atoms with Gasteiger partial charge in [-0.05, 0) is 31.5 Å². The maximum absolute atomic E-state index is 9.26. The topological polar surface area (TPSA) is 64.8 Å². The van der Waals surface area contributed by atoms with Gasteiger partial charge in [-0.3, -0.25) is 0 Å². The highest BCUT2D eigenvalue weighted by Gasteiger charge is 2.11. The lowest BCUT2D eigenvalue weighted by atomic mass is 10.2. The molecule has 0 amide bonds. The van der Waals surface area contributed by atoms with Crippen molar-refractivity contribution in [1.29, 1.82) is 5.26 Å². The number of nitrogens with one attached hydrogen (secondary N) is 1. The highest BCUT2D eigenvalue weighted by molar-refractivity contribution is 5.63. The first-order valence-corrected chi connectivity index (χ1v) is 8.60. The minimum absolute atomic E-state index is 0.495. The monoisotopic (exact) mass is 343 g/mol. The molecule has 0 bridgehead atoms. The second-order valence-electron chi connectivity index (χ2n) is 5.97. The normalized spacial score (nSPS) is 10.2. The number of hydrogen-bond donors (Lipinski definition) is 1. The van der Waals surface area contributed by atoms with Gasteiger partial charge in [0.25, 0.3) is 0 Å². The molecule has 0 spiro atoms. The molecule has 0 fully saturated rings. The molecule has 0 aliphatic heterocycles. The number of aromatic nitrogens is 2. The molecule has 130 valence electrons. The Labute approximate surface area is 154 Å². The zero-order chi connectivity index (χ0) is 18.4. The molecule has 0 atom stereocenters. The Balaban J connectivity index is 1.88. The molecule has 1 N–H and O–H groups in total. The van der Waals surface area contributed by atoms with Crippen LogP contribution in [0.3, 0.4) is 0 Å². The van der Waals surface area contributed by atoms with Gasteiger partial charge >= 0.3 is 0 Å². The predicted octanol–water partition coefficient (Wildman–Crippen LogP) is 4.43. The van der Waals surface area contributed by atoms with Crippen molar-refractivity contribution in [2.45, 2.75) is 20.4 Å². The first-order chi connectivity index (χ1) is 12.7. The molecular formula is C21H21N5. The molecule has 5 heteroatoms. The van der Waals surface area contributed by atoms with Crippen LogP contribution in [0.15, 0.2) is 60.7 Å². The summed E-state index contributed by atoms with van der Waals surface area (Å²) in [7, 11) is 0. The molecule has 3 aromatic rings. The molecule has 1 heterocycles. The first-order valence-electron chi connectivity index (χ1n) is 8.60. The standard InChI is InChI=1S/C21H21N5/c1-3-26(15-17-9-5-4-6-10-17)20-13-16(2)23-21(25-20)24-19-12-8-7-11-18(19)14-22/h4-13H,3,15H2,1-2H3,(H,23,24,25). The third-order valence-electron chi connectivity index (χ3n) is 4.06. The molecule has 1 aromatic heterocycles. The third-order valence-corrected chi connectivity index (χ3v) is 4.06. The number of anilines is 3. The van der Waals surface area contributed by atoms with Crippen molar-refractivity contribution in [1.82, 2.24) is 9.97 Å². The summed E-state index contributed by atoms with van der Waals surface area (Å²) in [5.41, 5.74) is 3.38. The van der Waals surface area contributed by atoms with E-state index in [4.69, 9.17) is 0 Å². The summed E-state index contributed by atoms with van der Waals surface area (Å²) >= 11 is 0. The lowest BCUT2D eigenvalue weighted by Crippen LogP contribution is -2.23. The van der Waals surface area contributed by atoms with E-state index in [1.54, 1.807) is 6.07 Å². The molecule has 2 aromatic carbocycles. The molecule has 0 radical (unpaired) electrons.